The van der Waals surface area contributed by atoms with E-state index >= 15 is 0 Å². The lowest BCUT2D eigenvalue weighted by Crippen LogP contribution is -2.25. The van der Waals surface area contributed by atoms with E-state index in [1.54, 1.807) is 6.08 Å². The van der Waals surface area contributed by atoms with Crippen LogP contribution in [0.4, 0.5) is 0 Å². The molecule has 0 aromatic carbocycles. The van der Waals surface area contributed by atoms with Crippen molar-refractivity contribution in [1.82, 2.24) is 10.2 Å². The number of nitriles is 1. The molecule has 0 radical (unpaired) electrons. The van der Waals surface area contributed by atoms with E-state index in [0.29, 0.717) is 6.54 Å². The van der Waals surface area contributed by atoms with Crippen LogP contribution >= 0.6 is 0 Å². The Labute approximate surface area is 154 Å². The summed E-state index contributed by atoms with van der Waals surface area (Å²) in [5, 5.41) is 12.1. The zero-order chi connectivity index (χ0) is 18.3. The number of allylic oxidation sites excluding steroid dienone is 3. The Kier molecular flexibility index (Phi) is 11.5. The van der Waals surface area contributed by atoms with Crippen LogP contribution in [0.2, 0.25) is 0 Å². The number of unbranched alkanes of at least 4 members (excludes halogenated alkanes) is 7. The van der Waals surface area contributed by atoms with Gasteiger partial charge in [0.25, 0.3) is 5.91 Å². The fourth-order valence-electron chi connectivity index (χ4n) is 3.20. The van der Waals surface area contributed by atoms with Gasteiger partial charge in [-0.25, -0.2) is 0 Å². The van der Waals surface area contributed by atoms with Crippen molar-refractivity contribution in [2.45, 2.75) is 78.1 Å². The summed E-state index contributed by atoms with van der Waals surface area (Å²) in [7, 11) is 0. The summed E-state index contributed by atoms with van der Waals surface area (Å²) in [6, 6.07) is 2.03. The van der Waals surface area contributed by atoms with Crippen LogP contribution in [0.1, 0.15) is 78.1 Å². The molecule has 0 aromatic heterocycles. The molecule has 1 fully saturated rings. The molecule has 1 amide bonds. The Balaban J connectivity index is 2.24. The van der Waals surface area contributed by atoms with E-state index in [-0.39, 0.29) is 11.5 Å². The standard InChI is InChI=1S/C21H35N3O/c1-3-5-6-7-8-9-10-11-16-23-21(25)19(18-22)14-15-20-13-12-17-24(20)4-2/h14-15H,3-13,16-17H2,1-2H3,(H,23,25). The Bertz CT molecular complexity index is 488. The van der Waals surface area contributed by atoms with Crippen LogP contribution in [-0.2, 0) is 4.79 Å². The molecule has 0 spiro atoms. The number of hydrogen-bond donors (Lipinski definition) is 1. The van der Waals surface area contributed by atoms with E-state index in [0.717, 1.165) is 38.8 Å². The fourth-order valence-corrected chi connectivity index (χ4v) is 3.20. The van der Waals surface area contributed by atoms with E-state index in [9.17, 15) is 10.1 Å². The van der Waals surface area contributed by atoms with Gasteiger partial charge < -0.3 is 10.2 Å². The monoisotopic (exact) mass is 345 g/mol. The molecule has 1 aliphatic heterocycles. The number of carbonyl (C=O) groups is 1. The van der Waals surface area contributed by atoms with Crippen molar-refractivity contribution in [1.29, 1.82) is 5.26 Å². The van der Waals surface area contributed by atoms with Crippen molar-refractivity contribution in [2.75, 3.05) is 19.6 Å². The van der Waals surface area contributed by atoms with Crippen LogP contribution in [0.5, 0.6) is 0 Å². The molecular formula is C21H35N3O. The summed E-state index contributed by atoms with van der Waals surface area (Å²) in [6.07, 6.45) is 15.7. The molecule has 0 atom stereocenters. The number of nitrogens with one attached hydrogen (secondary N) is 1. The maximum absolute atomic E-state index is 12.1. The molecule has 25 heavy (non-hydrogen) atoms. The minimum atomic E-state index is -0.247. The minimum absolute atomic E-state index is 0.204. The largest absolute Gasteiger partial charge is 0.375 e. The maximum atomic E-state index is 12.1. The van der Waals surface area contributed by atoms with E-state index in [4.69, 9.17) is 0 Å². The van der Waals surface area contributed by atoms with Gasteiger partial charge in [0, 0.05) is 25.3 Å². The summed E-state index contributed by atoms with van der Waals surface area (Å²) in [4.78, 5) is 14.4. The third-order valence-corrected chi connectivity index (χ3v) is 4.77. The van der Waals surface area contributed by atoms with Gasteiger partial charge in [0.2, 0.25) is 0 Å². The molecule has 0 aliphatic carbocycles. The van der Waals surface area contributed by atoms with Gasteiger partial charge in [-0.1, -0.05) is 51.9 Å². The van der Waals surface area contributed by atoms with Crippen LogP contribution in [0.25, 0.3) is 0 Å². The molecular weight excluding hydrogens is 310 g/mol. The zero-order valence-electron chi connectivity index (χ0n) is 16.1. The third-order valence-electron chi connectivity index (χ3n) is 4.77. The highest BCUT2D eigenvalue weighted by Crippen LogP contribution is 2.20. The predicted molar refractivity (Wildman–Crippen MR) is 104 cm³/mol. The third kappa shape index (κ3) is 8.77. The first kappa shape index (κ1) is 21.3. The lowest BCUT2D eigenvalue weighted by Gasteiger charge is -2.16. The van der Waals surface area contributed by atoms with E-state index in [1.165, 1.54) is 44.2 Å². The summed E-state index contributed by atoms with van der Waals surface area (Å²) in [6.45, 7) is 7.07. The van der Waals surface area contributed by atoms with Gasteiger partial charge in [-0.15, -0.1) is 0 Å². The van der Waals surface area contributed by atoms with Crippen molar-refractivity contribution in [2.24, 2.45) is 0 Å². The lowest BCUT2D eigenvalue weighted by molar-refractivity contribution is -0.117. The van der Waals surface area contributed by atoms with Gasteiger partial charge in [-0.05, 0) is 38.3 Å². The summed E-state index contributed by atoms with van der Waals surface area (Å²) in [5.41, 5.74) is 1.43. The van der Waals surface area contributed by atoms with Crippen LogP contribution in [0.15, 0.2) is 23.4 Å². The molecule has 4 nitrogen and oxygen atoms in total. The quantitative estimate of drug-likeness (QED) is 0.317. The van der Waals surface area contributed by atoms with Crippen LogP contribution in [0, 0.1) is 11.3 Å². The molecule has 0 saturated carbocycles. The lowest BCUT2D eigenvalue weighted by atomic mass is 10.1. The van der Waals surface area contributed by atoms with E-state index in [2.05, 4.69) is 24.1 Å². The first-order valence-corrected chi connectivity index (χ1v) is 10.1. The average molecular weight is 346 g/mol. The van der Waals surface area contributed by atoms with Crippen molar-refractivity contribution in [3.63, 3.8) is 0 Å². The molecule has 0 aromatic rings. The van der Waals surface area contributed by atoms with Crippen LogP contribution < -0.4 is 5.32 Å². The second-order valence-electron chi connectivity index (χ2n) is 6.76. The first-order valence-electron chi connectivity index (χ1n) is 10.1. The Morgan fingerprint density at radius 3 is 2.48 bits per heavy atom. The molecule has 1 N–H and O–H groups in total. The maximum Gasteiger partial charge on any atom is 0.261 e. The van der Waals surface area contributed by atoms with Gasteiger partial charge in [0.05, 0.1) is 0 Å². The second kappa shape index (κ2) is 13.5. The van der Waals surface area contributed by atoms with E-state index < -0.39 is 0 Å². The Morgan fingerprint density at radius 1 is 1.16 bits per heavy atom. The van der Waals surface area contributed by atoms with Gasteiger partial charge in [-0.2, -0.15) is 5.26 Å². The summed E-state index contributed by atoms with van der Waals surface area (Å²) >= 11 is 0. The highest BCUT2D eigenvalue weighted by Gasteiger charge is 2.14. The smallest absolute Gasteiger partial charge is 0.261 e. The molecule has 1 heterocycles. The normalized spacial score (nSPS) is 16.3. The highest BCUT2D eigenvalue weighted by atomic mass is 16.1. The minimum Gasteiger partial charge on any atom is -0.375 e. The molecule has 1 aliphatic rings. The molecule has 4 heteroatoms. The topological polar surface area (TPSA) is 56.1 Å². The number of hydrogen-bond acceptors (Lipinski definition) is 3. The first-order chi connectivity index (χ1) is 12.2. The fraction of sp³-hybridized carbons (Fsp3) is 0.714. The van der Waals surface area contributed by atoms with Crippen molar-refractivity contribution < 1.29 is 4.79 Å². The van der Waals surface area contributed by atoms with Gasteiger partial charge >= 0.3 is 0 Å². The van der Waals surface area contributed by atoms with E-state index in [1.807, 2.05) is 12.1 Å². The van der Waals surface area contributed by atoms with Gasteiger partial charge in [0.15, 0.2) is 0 Å². The second-order valence-corrected chi connectivity index (χ2v) is 6.76. The number of nitrogens with zero attached hydrogens (tertiary/aromatic N) is 2. The molecule has 1 rings (SSSR count). The van der Waals surface area contributed by atoms with Crippen molar-refractivity contribution >= 4 is 5.91 Å². The van der Waals surface area contributed by atoms with Crippen LogP contribution in [0.3, 0.4) is 0 Å². The van der Waals surface area contributed by atoms with Crippen molar-refractivity contribution in [3.05, 3.63) is 23.4 Å². The molecule has 140 valence electrons. The Hall–Kier alpha value is -1.76. The highest BCUT2D eigenvalue weighted by molar-refractivity contribution is 5.97. The zero-order valence-corrected chi connectivity index (χ0v) is 16.1. The predicted octanol–water partition coefficient (Wildman–Crippen LogP) is 4.69. The van der Waals surface area contributed by atoms with Crippen LogP contribution in [-0.4, -0.2) is 30.4 Å². The number of carbonyl (C=O) groups excluding carboxylic acids is 1. The van der Waals surface area contributed by atoms with Gasteiger partial charge in [-0.3, -0.25) is 4.79 Å². The van der Waals surface area contributed by atoms with Gasteiger partial charge in [0.1, 0.15) is 11.6 Å². The number of rotatable bonds is 12. The number of likely N-dealkylation sites (tertiary alicyclic amines) is 1. The Morgan fingerprint density at radius 2 is 1.84 bits per heavy atom. The molecule has 0 bridgehead atoms. The summed E-state index contributed by atoms with van der Waals surface area (Å²) < 4.78 is 0. The average Bonchev–Trinajstić information content (AvgIpc) is 3.08. The molecule has 1 saturated heterocycles. The SMILES string of the molecule is CCCCCCCCCCNC(=O)C(C#N)=CC=C1CCCN1CC. The van der Waals surface area contributed by atoms with Crippen molar-refractivity contribution in [3.8, 4) is 6.07 Å². The summed E-state index contributed by atoms with van der Waals surface area (Å²) in [5.74, 6) is -0.247. The molecule has 0 unspecified atom stereocenters. The number of amides is 1.